The van der Waals surface area contributed by atoms with Crippen molar-refractivity contribution in [1.82, 2.24) is 9.80 Å². The summed E-state index contributed by atoms with van der Waals surface area (Å²) in [5, 5.41) is 8.89. The van der Waals surface area contributed by atoms with Crippen molar-refractivity contribution in [2.24, 2.45) is 5.41 Å². The van der Waals surface area contributed by atoms with Crippen molar-refractivity contribution < 1.29 is 42.1 Å². The standard InChI is InChI=1S/C31H37F3N2O6/c1-30(2,3)16-24-21-10-9-19(31(32,33)34)15-23(21)25(22-7-5-6-8-26(22)41-4)17-36(28(24)38)18-27(37)35-13-11-20(12-14-35)42-29(39)40/h5-10,15,20,24-25H,11-14,16-18H2,1-4H3,(H,39,40). The van der Waals surface area contributed by atoms with E-state index in [9.17, 15) is 27.6 Å². The van der Waals surface area contributed by atoms with Gasteiger partial charge in [-0.1, -0.05) is 45.0 Å². The second kappa shape index (κ2) is 12.2. The predicted molar refractivity (Wildman–Crippen MR) is 148 cm³/mol. The molecule has 2 unspecified atom stereocenters. The predicted octanol–water partition coefficient (Wildman–Crippen LogP) is 5.89. The summed E-state index contributed by atoms with van der Waals surface area (Å²) in [6, 6.07) is 10.6. The second-order valence-electron chi connectivity index (χ2n) is 12.1. The highest BCUT2D eigenvalue weighted by Gasteiger charge is 2.41. The molecule has 2 aliphatic heterocycles. The highest BCUT2D eigenvalue weighted by Crippen LogP contribution is 2.45. The van der Waals surface area contributed by atoms with Gasteiger partial charge in [0.25, 0.3) is 0 Å². The largest absolute Gasteiger partial charge is 0.506 e. The molecule has 0 saturated carbocycles. The van der Waals surface area contributed by atoms with Gasteiger partial charge in [0.15, 0.2) is 0 Å². The Labute approximate surface area is 243 Å². The van der Waals surface area contributed by atoms with Crippen LogP contribution in [0, 0.1) is 5.41 Å². The van der Waals surface area contributed by atoms with Gasteiger partial charge in [0, 0.05) is 44.0 Å². The molecular formula is C31H37F3N2O6. The van der Waals surface area contributed by atoms with E-state index in [0.717, 1.165) is 12.1 Å². The number of nitrogens with zero attached hydrogens (tertiary/aromatic N) is 2. The molecule has 0 bridgehead atoms. The lowest BCUT2D eigenvalue weighted by molar-refractivity contribution is -0.142. The van der Waals surface area contributed by atoms with Crippen LogP contribution >= 0.6 is 0 Å². The molecule has 2 amide bonds. The molecule has 2 aromatic carbocycles. The van der Waals surface area contributed by atoms with Gasteiger partial charge >= 0.3 is 12.3 Å². The molecule has 1 N–H and O–H groups in total. The molecule has 0 radical (unpaired) electrons. The molecule has 42 heavy (non-hydrogen) atoms. The third-order valence-corrected chi connectivity index (χ3v) is 7.90. The van der Waals surface area contributed by atoms with E-state index in [1.54, 1.807) is 29.2 Å². The Morgan fingerprint density at radius 2 is 1.67 bits per heavy atom. The maximum atomic E-state index is 14.2. The monoisotopic (exact) mass is 590 g/mol. The van der Waals surface area contributed by atoms with E-state index in [-0.39, 0.29) is 43.4 Å². The normalized spacial score (nSPS) is 20.1. The summed E-state index contributed by atoms with van der Waals surface area (Å²) < 4.78 is 52.2. The number of benzene rings is 2. The van der Waals surface area contributed by atoms with E-state index in [1.807, 2.05) is 20.8 Å². The Balaban J connectivity index is 1.75. The fourth-order valence-corrected chi connectivity index (χ4v) is 5.93. The van der Waals surface area contributed by atoms with Crippen molar-refractivity contribution >= 4 is 18.0 Å². The van der Waals surface area contributed by atoms with Gasteiger partial charge < -0.3 is 24.4 Å². The fourth-order valence-electron chi connectivity index (χ4n) is 5.93. The van der Waals surface area contributed by atoms with Gasteiger partial charge in [-0.2, -0.15) is 13.2 Å². The maximum Gasteiger partial charge on any atom is 0.506 e. The van der Waals surface area contributed by atoms with Crippen LogP contribution in [-0.2, 0) is 20.5 Å². The summed E-state index contributed by atoms with van der Waals surface area (Å²) in [5.41, 5.74) is 0.374. The Morgan fingerprint density at radius 3 is 2.26 bits per heavy atom. The number of methoxy groups -OCH3 is 1. The van der Waals surface area contributed by atoms with Gasteiger partial charge in [-0.15, -0.1) is 0 Å². The number of rotatable bonds is 6. The minimum Gasteiger partial charge on any atom is -0.496 e. The minimum atomic E-state index is -4.58. The van der Waals surface area contributed by atoms with E-state index >= 15 is 0 Å². The smallest absolute Gasteiger partial charge is 0.496 e. The molecular weight excluding hydrogens is 553 g/mol. The van der Waals surface area contributed by atoms with E-state index < -0.39 is 35.8 Å². The lowest BCUT2D eigenvalue weighted by Crippen LogP contribution is -2.48. The zero-order valence-corrected chi connectivity index (χ0v) is 24.2. The first-order chi connectivity index (χ1) is 19.7. The van der Waals surface area contributed by atoms with Crippen LogP contribution in [0.3, 0.4) is 0 Å². The fraction of sp³-hybridized carbons (Fsp3) is 0.516. The van der Waals surface area contributed by atoms with Crippen molar-refractivity contribution in [2.45, 2.75) is 64.1 Å². The van der Waals surface area contributed by atoms with Crippen LogP contribution in [0.15, 0.2) is 42.5 Å². The van der Waals surface area contributed by atoms with Crippen molar-refractivity contribution in [3.05, 3.63) is 64.7 Å². The summed E-state index contributed by atoms with van der Waals surface area (Å²) in [5.74, 6) is -1.60. The van der Waals surface area contributed by atoms with Crippen LogP contribution in [0.4, 0.5) is 18.0 Å². The highest BCUT2D eigenvalue weighted by atomic mass is 19.4. The van der Waals surface area contributed by atoms with Crippen molar-refractivity contribution in [1.29, 1.82) is 0 Å². The third kappa shape index (κ3) is 7.17. The van der Waals surface area contributed by atoms with Gasteiger partial charge in [-0.05, 0) is 41.2 Å². The molecule has 0 aromatic heterocycles. The number of amides is 2. The molecule has 4 rings (SSSR count). The number of alkyl halides is 3. The Kier molecular flexibility index (Phi) is 9.08. The molecule has 2 aromatic rings. The molecule has 8 nitrogen and oxygen atoms in total. The Morgan fingerprint density at radius 1 is 1.00 bits per heavy atom. The Bertz CT molecular complexity index is 1310. The number of piperidine rings is 1. The van der Waals surface area contributed by atoms with Gasteiger partial charge in [0.2, 0.25) is 11.8 Å². The average Bonchev–Trinajstić information content (AvgIpc) is 3.02. The molecule has 0 spiro atoms. The molecule has 1 saturated heterocycles. The zero-order chi connectivity index (χ0) is 30.8. The summed E-state index contributed by atoms with van der Waals surface area (Å²) >= 11 is 0. The lowest BCUT2D eigenvalue weighted by atomic mass is 9.77. The number of hydrogen-bond acceptors (Lipinski definition) is 5. The SMILES string of the molecule is COc1ccccc1C1CN(CC(=O)N2CCC(OC(=O)O)CC2)C(=O)C(CC(C)(C)C)c2ccc(C(F)(F)F)cc21. The number of para-hydroxylation sites is 1. The van der Waals surface area contributed by atoms with E-state index in [0.29, 0.717) is 41.7 Å². The number of carbonyl (C=O) groups excluding carboxylic acids is 2. The average molecular weight is 591 g/mol. The molecule has 0 aliphatic carbocycles. The minimum absolute atomic E-state index is 0.0154. The molecule has 2 heterocycles. The van der Waals surface area contributed by atoms with Gasteiger partial charge in [0.05, 0.1) is 25.1 Å². The molecule has 2 atom stereocenters. The van der Waals surface area contributed by atoms with E-state index in [1.165, 1.54) is 18.1 Å². The summed E-state index contributed by atoms with van der Waals surface area (Å²) in [6.45, 7) is 6.17. The number of hydrogen-bond donors (Lipinski definition) is 1. The molecule has 11 heteroatoms. The maximum absolute atomic E-state index is 14.2. The van der Waals surface area contributed by atoms with Crippen molar-refractivity contribution in [2.75, 3.05) is 33.3 Å². The topological polar surface area (TPSA) is 96.4 Å². The Hall–Kier alpha value is -3.76. The van der Waals surface area contributed by atoms with Crippen LogP contribution in [0.1, 0.15) is 74.1 Å². The van der Waals surface area contributed by atoms with E-state index in [2.05, 4.69) is 0 Å². The van der Waals surface area contributed by atoms with Crippen LogP contribution in [-0.4, -0.2) is 72.3 Å². The van der Waals surface area contributed by atoms with Crippen LogP contribution in [0.5, 0.6) is 5.75 Å². The number of ether oxygens (including phenoxy) is 2. The molecule has 228 valence electrons. The van der Waals surface area contributed by atoms with Gasteiger partial charge in [0.1, 0.15) is 11.9 Å². The number of fused-ring (bicyclic) bond motifs is 1. The summed E-state index contributed by atoms with van der Waals surface area (Å²) in [7, 11) is 1.48. The first kappa shape index (κ1) is 31.2. The number of halogens is 3. The van der Waals surface area contributed by atoms with Crippen LogP contribution in [0.25, 0.3) is 0 Å². The lowest BCUT2D eigenvalue weighted by Gasteiger charge is -2.34. The number of carbonyl (C=O) groups is 3. The second-order valence-corrected chi connectivity index (χ2v) is 12.1. The van der Waals surface area contributed by atoms with Crippen LogP contribution < -0.4 is 4.74 Å². The van der Waals surface area contributed by atoms with Crippen molar-refractivity contribution in [3.63, 3.8) is 0 Å². The zero-order valence-electron chi connectivity index (χ0n) is 24.2. The van der Waals surface area contributed by atoms with Crippen molar-refractivity contribution in [3.8, 4) is 5.75 Å². The molecule has 1 fully saturated rings. The first-order valence-corrected chi connectivity index (χ1v) is 14.0. The third-order valence-electron chi connectivity index (χ3n) is 7.90. The molecule has 2 aliphatic rings. The van der Waals surface area contributed by atoms with Gasteiger partial charge in [-0.3, -0.25) is 9.59 Å². The van der Waals surface area contributed by atoms with Gasteiger partial charge in [-0.25, -0.2) is 4.79 Å². The number of likely N-dealkylation sites (tertiary alicyclic amines) is 1. The summed E-state index contributed by atoms with van der Waals surface area (Å²) in [6.07, 6.45) is -5.40. The number of carboxylic acid groups (broad SMARTS) is 1. The summed E-state index contributed by atoms with van der Waals surface area (Å²) in [4.78, 5) is 41.6. The van der Waals surface area contributed by atoms with Crippen LogP contribution in [0.2, 0.25) is 0 Å². The quantitative estimate of drug-likeness (QED) is 0.422. The van der Waals surface area contributed by atoms with E-state index in [4.69, 9.17) is 14.6 Å². The highest BCUT2D eigenvalue weighted by molar-refractivity contribution is 5.90. The first-order valence-electron chi connectivity index (χ1n) is 14.0.